The van der Waals surface area contributed by atoms with Crippen LogP contribution >= 0.6 is 0 Å². The lowest BCUT2D eigenvalue weighted by molar-refractivity contribution is -0.141. The summed E-state index contributed by atoms with van der Waals surface area (Å²) in [5, 5.41) is 0. The number of aromatic nitrogens is 1. The Morgan fingerprint density at radius 1 is 1.47 bits per heavy atom. The maximum Gasteiger partial charge on any atom is 0.313 e. The summed E-state index contributed by atoms with van der Waals surface area (Å²) in [5.41, 5.74) is 0.0723. The zero-order valence-electron chi connectivity index (χ0n) is 8.20. The van der Waals surface area contributed by atoms with Crippen molar-refractivity contribution in [3.63, 3.8) is 0 Å². The maximum absolute atomic E-state index is 12.7. The molecule has 0 aliphatic carbocycles. The van der Waals surface area contributed by atoms with Crippen LogP contribution in [0.3, 0.4) is 0 Å². The Labute approximate surface area is 86.1 Å². The lowest BCUT2D eigenvalue weighted by Gasteiger charge is -2.01. The fraction of sp³-hybridized carbons (Fsp3) is 0.300. The number of carbonyl (C=O) groups excluding carboxylic acids is 2. The number of ketones is 1. The number of carbonyl (C=O) groups is 2. The number of pyridine rings is 1. The Hall–Kier alpha value is -1.78. The van der Waals surface area contributed by atoms with Crippen LogP contribution in [0.1, 0.15) is 23.7 Å². The Bertz CT molecular complexity index is 379. The molecule has 0 unspecified atom stereocenters. The molecule has 0 aromatic carbocycles. The Kier molecular flexibility index (Phi) is 3.91. The normalized spacial score (nSPS) is 9.73. The molecule has 0 radical (unpaired) electrons. The molecule has 0 spiro atoms. The van der Waals surface area contributed by atoms with Gasteiger partial charge in [0.15, 0.2) is 5.78 Å². The van der Waals surface area contributed by atoms with Gasteiger partial charge >= 0.3 is 5.97 Å². The molecular weight excluding hydrogens is 201 g/mol. The van der Waals surface area contributed by atoms with Gasteiger partial charge in [-0.25, -0.2) is 4.39 Å². The van der Waals surface area contributed by atoms with E-state index in [9.17, 15) is 14.0 Å². The van der Waals surface area contributed by atoms with E-state index in [4.69, 9.17) is 0 Å². The van der Waals surface area contributed by atoms with E-state index in [0.717, 1.165) is 12.3 Å². The average molecular weight is 211 g/mol. The molecule has 0 saturated carbocycles. The number of rotatable bonds is 4. The first-order valence-electron chi connectivity index (χ1n) is 4.43. The van der Waals surface area contributed by atoms with Crippen molar-refractivity contribution in [1.29, 1.82) is 0 Å². The molecule has 1 rings (SSSR count). The number of hydrogen-bond acceptors (Lipinski definition) is 4. The number of Topliss-reactive ketones (excluding diaryl/α,β-unsaturated/α-hetero) is 1. The predicted octanol–water partition coefficient (Wildman–Crippen LogP) is 1.36. The summed E-state index contributed by atoms with van der Waals surface area (Å²) in [5.74, 6) is -1.73. The molecule has 4 nitrogen and oxygen atoms in total. The van der Waals surface area contributed by atoms with Crippen LogP contribution in [0.25, 0.3) is 0 Å². The minimum absolute atomic E-state index is 0.0723. The molecule has 80 valence electrons. The zero-order valence-corrected chi connectivity index (χ0v) is 8.20. The SMILES string of the molecule is CCOC(=O)CC(=O)c1cncc(F)c1. The lowest BCUT2D eigenvalue weighted by atomic mass is 10.1. The fourth-order valence-electron chi connectivity index (χ4n) is 1.01. The highest BCUT2D eigenvalue weighted by Crippen LogP contribution is 2.05. The molecule has 1 heterocycles. The van der Waals surface area contributed by atoms with Gasteiger partial charge in [0.1, 0.15) is 12.2 Å². The van der Waals surface area contributed by atoms with E-state index in [2.05, 4.69) is 9.72 Å². The van der Waals surface area contributed by atoms with Gasteiger partial charge in [0.2, 0.25) is 0 Å². The van der Waals surface area contributed by atoms with E-state index in [1.807, 2.05) is 0 Å². The third-order valence-corrected chi connectivity index (χ3v) is 1.64. The first kappa shape index (κ1) is 11.3. The molecule has 0 atom stereocenters. The van der Waals surface area contributed by atoms with Gasteiger partial charge in [-0.05, 0) is 13.0 Å². The van der Waals surface area contributed by atoms with Crippen molar-refractivity contribution in [3.05, 3.63) is 29.8 Å². The highest BCUT2D eigenvalue weighted by Gasteiger charge is 2.13. The van der Waals surface area contributed by atoms with Crippen LogP contribution < -0.4 is 0 Å². The summed E-state index contributed by atoms with van der Waals surface area (Å²) in [6, 6.07) is 1.04. The van der Waals surface area contributed by atoms with Gasteiger partial charge in [-0.1, -0.05) is 0 Å². The summed E-state index contributed by atoms with van der Waals surface area (Å²) in [6.45, 7) is 1.86. The van der Waals surface area contributed by atoms with Gasteiger partial charge in [0.05, 0.1) is 12.8 Å². The topological polar surface area (TPSA) is 56.3 Å². The summed E-state index contributed by atoms with van der Waals surface area (Å²) < 4.78 is 17.3. The van der Waals surface area contributed by atoms with Crippen LogP contribution in [0.4, 0.5) is 4.39 Å². The van der Waals surface area contributed by atoms with Crippen LogP contribution in [0.2, 0.25) is 0 Å². The van der Waals surface area contributed by atoms with Crippen molar-refractivity contribution in [2.45, 2.75) is 13.3 Å². The molecule has 0 fully saturated rings. The van der Waals surface area contributed by atoms with Crippen LogP contribution in [-0.4, -0.2) is 23.3 Å². The second kappa shape index (κ2) is 5.19. The standard InChI is InChI=1S/C10H10FNO3/c1-2-15-10(14)4-9(13)7-3-8(11)6-12-5-7/h3,5-6H,2,4H2,1H3. The van der Waals surface area contributed by atoms with Crippen LogP contribution in [0.5, 0.6) is 0 Å². The van der Waals surface area contributed by atoms with Crippen LogP contribution in [-0.2, 0) is 9.53 Å². The zero-order chi connectivity index (χ0) is 11.3. The highest BCUT2D eigenvalue weighted by molar-refractivity contribution is 6.05. The number of ether oxygens (including phenoxy) is 1. The van der Waals surface area contributed by atoms with Crippen molar-refractivity contribution in [2.75, 3.05) is 6.61 Å². The van der Waals surface area contributed by atoms with E-state index < -0.39 is 17.6 Å². The molecule has 0 aliphatic rings. The van der Waals surface area contributed by atoms with Gasteiger partial charge in [-0.3, -0.25) is 14.6 Å². The van der Waals surface area contributed by atoms with Crippen LogP contribution in [0, 0.1) is 5.82 Å². The van der Waals surface area contributed by atoms with E-state index in [1.165, 1.54) is 6.20 Å². The monoisotopic (exact) mass is 211 g/mol. The van der Waals surface area contributed by atoms with Crippen molar-refractivity contribution in [1.82, 2.24) is 4.98 Å². The van der Waals surface area contributed by atoms with E-state index in [-0.39, 0.29) is 18.6 Å². The smallest absolute Gasteiger partial charge is 0.313 e. The van der Waals surface area contributed by atoms with Crippen molar-refractivity contribution < 1.29 is 18.7 Å². The number of esters is 1. The first-order valence-corrected chi connectivity index (χ1v) is 4.43. The number of halogens is 1. The third-order valence-electron chi connectivity index (χ3n) is 1.64. The molecular formula is C10H10FNO3. The maximum atomic E-state index is 12.7. The quantitative estimate of drug-likeness (QED) is 0.428. The Balaban J connectivity index is 2.65. The molecule has 15 heavy (non-hydrogen) atoms. The van der Waals surface area contributed by atoms with E-state index in [0.29, 0.717) is 0 Å². The first-order chi connectivity index (χ1) is 7.13. The van der Waals surface area contributed by atoms with Crippen LogP contribution in [0.15, 0.2) is 18.5 Å². The molecule has 5 heteroatoms. The van der Waals surface area contributed by atoms with Gasteiger partial charge in [-0.15, -0.1) is 0 Å². The Morgan fingerprint density at radius 3 is 2.80 bits per heavy atom. The van der Waals surface area contributed by atoms with Gasteiger partial charge < -0.3 is 4.74 Å². The second-order valence-corrected chi connectivity index (χ2v) is 2.80. The van der Waals surface area contributed by atoms with Gasteiger partial charge in [0, 0.05) is 11.8 Å². The molecule has 0 amide bonds. The number of hydrogen-bond donors (Lipinski definition) is 0. The second-order valence-electron chi connectivity index (χ2n) is 2.80. The van der Waals surface area contributed by atoms with E-state index >= 15 is 0 Å². The summed E-state index contributed by atoms with van der Waals surface area (Å²) in [4.78, 5) is 25.8. The van der Waals surface area contributed by atoms with Crippen molar-refractivity contribution in [3.8, 4) is 0 Å². The molecule has 0 bridgehead atoms. The predicted molar refractivity (Wildman–Crippen MR) is 49.8 cm³/mol. The molecule has 0 saturated heterocycles. The van der Waals surface area contributed by atoms with Crippen molar-refractivity contribution in [2.24, 2.45) is 0 Å². The molecule has 0 aliphatic heterocycles. The number of nitrogens with zero attached hydrogens (tertiary/aromatic N) is 1. The Morgan fingerprint density at radius 2 is 2.20 bits per heavy atom. The molecule has 1 aromatic rings. The average Bonchev–Trinajstić information content (AvgIpc) is 2.18. The largest absolute Gasteiger partial charge is 0.466 e. The highest BCUT2D eigenvalue weighted by atomic mass is 19.1. The fourth-order valence-corrected chi connectivity index (χ4v) is 1.01. The lowest BCUT2D eigenvalue weighted by Crippen LogP contribution is -2.11. The summed E-state index contributed by atoms with van der Waals surface area (Å²) in [7, 11) is 0. The third kappa shape index (κ3) is 3.46. The van der Waals surface area contributed by atoms with Crippen molar-refractivity contribution >= 4 is 11.8 Å². The molecule has 1 aromatic heterocycles. The van der Waals surface area contributed by atoms with Gasteiger partial charge in [-0.2, -0.15) is 0 Å². The van der Waals surface area contributed by atoms with E-state index in [1.54, 1.807) is 6.92 Å². The summed E-state index contributed by atoms with van der Waals surface area (Å²) >= 11 is 0. The minimum Gasteiger partial charge on any atom is -0.466 e. The summed E-state index contributed by atoms with van der Waals surface area (Å²) in [6.07, 6.45) is 1.81. The minimum atomic E-state index is -0.619. The van der Waals surface area contributed by atoms with Gasteiger partial charge in [0.25, 0.3) is 0 Å². The molecule has 0 N–H and O–H groups in total.